The van der Waals surface area contributed by atoms with Crippen LogP contribution in [0.1, 0.15) is 18.4 Å². The van der Waals surface area contributed by atoms with Crippen LogP contribution >= 0.6 is 0 Å². The second kappa shape index (κ2) is 7.62. The lowest BCUT2D eigenvalue weighted by Crippen LogP contribution is -2.45. The molecule has 1 saturated heterocycles. The number of hydrogen-bond acceptors (Lipinski definition) is 3. The first-order chi connectivity index (χ1) is 11.9. The molecule has 25 heavy (non-hydrogen) atoms. The maximum absolute atomic E-state index is 12.4. The van der Waals surface area contributed by atoms with Gasteiger partial charge in [0.15, 0.2) is 0 Å². The fourth-order valence-corrected chi connectivity index (χ4v) is 3.32. The summed E-state index contributed by atoms with van der Waals surface area (Å²) in [7, 11) is 1.65. The van der Waals surface area contributed by atoms with E-state index in [1.807, 2.05) is 18.2 Å². The minimum absolute atomic E-state index is 0.274. The number of rotatable bonds is 5. The van der Waals surface area contributed by atoms with E-state index >= 15 is 0 Å². The largest absolute Gasteiger partial charge is 0.497 e. The molecule has 0 spiro atoms. The highest BCUT2D eigenvalue weighted by molar-refractivity contribution is 5.84. The van der Waals surface area contributed by atoms with Gasteiger partial charge in [-0.05, 0) is 60.5 Å². The Balaban J connectivity index is 1.51. The van der Waals surface area contributed by atoms with Crippen molar-refractivity contribution >= 4 is 10.8 Å². The number of piperidine rings is 1. The molecule has 2 aromatic rings. The molecule has 1 fully saturated rings. The maximum Gasteiger partial charge on any atom is 0.401 e. The zero-order valence-corrected chi connectivity index (χ0v) is 14.3. The van der Waals surface area contributed by atoms with E-state index in [-0.39, 0.29) is 6.04 Å². The van der Waals surface area contributed by atoms with Crippen molar-refractivity contribution in [2.24, 2.45) is 0 Å². The average Bonchev–Trinajstić information content (AvgIpc) is 2.59. The SMILES string of the molecule is COc1ccc2cc(CNC3CCN(CC(F)(F)F)CC3)ccc2c1. The second-order valence-corrected chi connectivity index (χ2v) is 6.59. The highest BCUT2D eigenvalue weighted by Gasteiger charge is 2.32. The summed E-state index contributed by atoms with van der Waals surface area (Å²) in [6.07, 6.45) is -2.60. The summed E-state index contributed by atoms with van der Waals surface area (Å²) in [6.45, 7) is 0.920. The number of methoxy groups -OCH3 is 1. The third kappa shape index (κ3) is 5.09. The van der Waals surface area contributed by atoms with Crippen LogP contribution < -0.4 is 10.1 Å². The number of halogens is 3. The summed E-state index contributed by atoms with van der Waals surface area (Å²) in [5.41, 5.74) is 1.18. The number of benzene rings is 2. The topological polar surface area (TPSA) is 24.5 Å². The highest BCUT2D eigenvalue weighted by atomic mass is 19.4. The van der Waals surface area contributed by atoms with Gasteiger partial charge in [-0.15, -0.1) is 0 Å². The number of alkyl halides is 3. The first-order valence-corrected chi connectivity index (χ1v) is 8.52. The Labute approximate surface area is 145 Å². The predicted molar refractivity (Wildman–Crippen MR) is 92.9 cm³/mol. The molecule has 0 amide bonds. The molecule has 0 bridgehead atoms. The molecule has 3 nitrogen and oxygen atoms in total. The van der Waals surface area contributed by atoms with Crippen molar-refractivity contribution in [3.05, 3.63) is 42.0 Å². The number of likely N-dealkylation sites (tertiary alicyclic amines) is 1. The van der Waals surface area contributed by atoms with Gasteiger partial charge in [-0.3, -0.25) is 4.90 Å². The van der Waals surface area contributed by atoms with Crippen LogP contribution in [-0.2, 0) is 6.54 Å². The Hall–Kier alpha value is -1.79. The van der Waals surface area contributed by atoms with Crippen LogP contribution in [0, 0.1) is 0 Å². The minimum Gasteiger partial charge on any atom is -0.497 e. The van der Waals surface area contributed by atoms with Gasteiger partial charge in [0.1, 0.15) is 5.75 Å². The number of ether oxygens (including phenoxy) is 1. The molecule has 0 saturated carbocycles. The van der Waals surface area contributed by atoms with Crippen LogP contribution in [0.5, 0.6) is 5.75 Å². The summed E-state index contributed by atoms with van der Waals surface area (Å²) < 4.78 is 42.5. The molecule has 136 valence electrons. The molecule has 1 heterocycles. The minimum atomic E-state index is -4.10. The number of hydrogen-bond donors (Lipinski definition) is 1. The van der Waals surface area contributed by atoms with Crippen LogP contribution in [-0.4, -0.2) is 43.9 Å². The molecular formula is C19H23F3N2O. The zero-order chi connectivity index (χ0) is 17.9. The van der Waals surface area contributed by atoms with Crippen LogP contribution in [0.4, 0.5) is 13.2 Å². The normalized spacial score (nSPS) is 17.1. The van der Waals surface area contributed by atoms with Crippen molar-refractivity contribution in [3.8, 4) is 5.75 Å². The lowest BCUT2D eigenvalue weighted by Gasteiger charge is -2.32. The van der Waals surface area contributed by atoms with Gasteiger partial charge in [0.05, 0.1) is 13.7 Å². The number of nitrogens with zero attached hydrogens (tertiary/aromatic N) is 1. The quantitative estimate of drug-likeness (QED) is 0.881. The Bertz CT molecular complexity index is 709. The molecule has 1 aliphatic rings. The first-order valence-electron chi connectivity index (χ1n) is 8.52. The molecular weight excluding hydrogens is 329 g/mol. The summed E-state index contributed by atoms with van der Waals surface area (Å²) in [5, 5.41) is 5.76. The summed E-state index contributed by atoms with van der Waals surface area (Å²) in [4.78, 5) is 1.49. The standard InChI is InChI=1S/C19H23F3N2O/c1-25-18-5-4-15-10-14(2-3-16(15)11-18)12-23-17-6-8-24(9-7-17)13-19(20,21)22/h2-5,10-11,17,23H,6-9,12-13H2,1H3. The fourth-order valence-electron chi connectivity index (χ4n) is 3.32. The lowest BCUT2D eigenvalue weighted by molar-refractivity contribution is -0.148. The Morgan fingerprint density at radius 2 is 1.76 bits per heavy atom. The van der Waals surface area contributed by atoms with E-state index in [2.05, 4.69) is 23.5 Å². The van der Waals surface area contributed by atoms with Crippen LogP contribution in [0.25, 0.3) is 10.8 Å². The van der Waals surface area contributed by atoms with Crippen molar-refractivity contribution < 1.29 is 17.9 Å². The fraction of sp³-hybridized carbons (Fsp3) is 0.474. The highest BCUT2D eigenvalue weighted by Crippen LogP contribution is 2.23. The third-order valence-corrected chi connectivity index (χ3v) is 4.70. The molecule has 3 rings (SSSR count). The van der Waals surface area contributed by atoms with Crippen LogP contribution in [0.2, 0.25) is 0 Å². The van der Waals surface area contributed by atoms with Crippen molar-refractivity contribution in [1.82, 2.24) is 10.2 Å². The van der Waals surface area contributed by atoms with Crippen molar-refractivity contribution in [2.45, 2.75) is 31.6 Å². The van der Waals surface area contributed by atoms with E-state index < -0.39 is 12.7 Å². The monoisotopic (exact) mass is 352 g/mol. The van der Waals surface area contributed by atoms with E-state index in [9.17, 15) is 13.2 Å². The van der Waals surface area contributed by atoms with Gasteiger partial charge in [0, 0.05) is 12.6 Å². The predicted octanol–water partition coefficient (Wildman–Crippen LogP) is 3.96. The smallest absolute Gasteiger partial charge is 0.401 e. The Morgan fingerprint density at radius 3 is 2.44 bits per heavy atom. The van der Waals surface area contributed by atoms with Gasteiger partial charge in [0.25, 0.3) is 0 Å². The molecule has 1 aliphatic heterocycles. The molecule has 0 atom stereocenters. The van der Waals surface area contributed by atoms with Crippen molar-refractivity contribution in [2.75, 3.05) is 26.7 Å². The van der Waals surface area contributed by atoms with Gasteiger partial charge in [0.2, 0.25) is 0 Å². The Morgan fingerprint density at radius 1 is 1.08 bits per heavy atom. The molecule has 6 heteroatoms. The van der Waals surface area contributed by atoms with Crippen molar-refractivity contribution in [3.63, 3.8) is 0 Å². The number of fused-ring (bicyclic) bond motifs is 1. The maximum atomic E-state index is 12.4. The second-order valence-electron chi connectivity index (χ2n) is 6.59. The molecule has 2 aromatic carbocycles. The van der Waals surface area contributed by atoms with E-state index in [0.717, 1.165) is 35.9 Å². The van der Waals surface area contributed by atoms with E-state index in [1.165, 1.54) is 10.5 Å². The van der Waals surface area contributed by atoms with E-state index in [0.29, 0.717) is 13.1 Å². The molecule has 0 unspecified atom stereocenters. The van der Waals surface area contributed by atoms with Crippen LogP contribution in [0.3, 0.4) is 0 Å². The lowest BCUT2D eigenvalue weighted by atomic mass is 10.0. The van der Waals surface area contributed by atoms with Gasteiger partial charge < -0.3 is 10.1 Å². The van der Waals surface area contributed by atoms with Gasteiger partial charge in [-0.25, -0.2) is 0 Å². The van der Waals surface area contributed by atoms with Crippen molar-refractivity contribution in [1.29, 1.82) is 0 Å². The van der Waals surface area contributed by atoms with E-state index in [4.69, 9.17) is 4.74 Å². The van der Waals surface area contributed by atoms with Crippen LogP contribution in [0.15, 0.2) is 36.4 Å². The summed E-state index contributed by atoms with van der Waals surface area (Å²) in [6, 6.07) is 12.5. The zero-order valence-electron chi connectivity index (χ0n) is 14.3. The summed E-state index contributed by atoms with van der Waals surface area (Å²) >= 11 is 0. The molecule has 0 aliphatic carbocycles. The molecule has 1 N–H and O–H groups in total. The average molecular weight is 352 g/mol. The number of nitrogens with one attached hydrogen (secondary N) is 1. The summed E-state index contributed by atoms with van der Waals surface area (Å²) in [5.74, 6) is 0.837. The van der Waals surface area contributed by atoms with E-state index in [1.54, 1.807) is 7.11 Å². The third-order valence-electron chi connectivity index (χ3n) is 4.70. The van der Waals surface area contributed by atoms with Gasteiger partial charge in [-0.1, -0.05) is 18.2 Å². The first kappa shape index (κ1) is 18.0. The van der Waals surface area contributed by atoms with Gasteiger partial charge >= 0.3 is 6.18 Å². The molecule has 0 aromatic heterocycles. The Kier molecular flexibility index (Phi) is 5.49. The molecule has 0 radical (unpaired) electrons. The van der Waals surface area contributed by atoms with Gasteiger partial charge in [-0.2, -0.15) is 13.2 Å².